The maximum absolute atomic E-state index is 5.05. The van der Waals surface area contributed by atoms with E-state index in [9.17, 15) is 0 Å². The Bertz CT molecular complexity index is 2040. The average Bonchev–Trinajstić information content (AvgIpc) is 3.40. The number of aromatic nitrogens is 3. The zero-order chi connectivity index (χ0) is 29.3. The summed E-state index contributed by atoms with van der Waals surface area (Å²) in [5.41, 5.74) is 8.89. The van der Waals surface area contributed by atoms with E-state index < -0.39 is 5.41 Å². The van der Waals surface area contributed by atoms with E-state index in [4.69, 9.17) is 15.0 Å². The first-order chi connectivity index (χ1) is 21.8. The van der Waals surface area contributed by atoms with Gasteiger partial charge in [0, 0.05) is 16.0 Å². The van der Waals surface area contributed by atoms with Crippen LogP contribution in [0.1, 0.15) is 22.3 Å². The molecule has 0 spiro atoms. The van der Waals surface area contributed by atoms with Crippen molar-refractivity contribution in [3.63, 3.8) is 0 Å². The van der Waals surface area contributed by atoms with Crippen molar-refractivity contribution < 1.29 is 0 Å². The van der Waals surface area contributed by atoms with Gasteiger partial charge in [-0.25, -0.2) is 15.0 Å². The largest absolute Gasteiger partial charge is 0.208 e. The predicted molar refractivity (Wildman–Crippen MR) is 179 cm³/mol. The number of rotatable bonds is 6. The Morgan fingerprint density at radius 3 is 1.59 bits per heavy atom. The highest BCUT2D eigenvalue weighted by molar-refractivity contribution is 7.99. The molecule has 0 aliphatic heterocycles. The van der Waals surface area contributed by atoms with Crippen LogP contribution in [0.25, 0.3) is 33.9 Å². The quantitative estimate of drug-likeness (QED) is 0.196. The minimum Gasteiger partial charge on any atom is -0.208 e. The van der Waals surface area contributed by atoms with Crippen molar-refractivity contribution in [2.24, 2.45) is 0 Å². The number of fused-ring (bicyclic) bond motifs is 3. The predicted octanol–water partition coefficient (Wildman–Crippen LogP) is 9.72. The summed E-state index contributed by atoms with van der Waals surface area (Å²) in [5.74, 6) is 1.32. The van der Waals surface area contributed by atoms with Gasteiger partial charge in [0.25, 0.3) is 0 Å². The molecule has 0 bridgehead atoms. The normalized spacial score (nSPS) is 12.8. The van der Waals surface area contributed by atoms with Crippen LogP contribution in [0, 0.1) is 0 Å². The summed E-state index contributed by atoms with van der Waals surface area (Å²) in [6.45, 7) is 0. The smallest absolute Gasteiger partial charge is 0.196 e. The number of hydrogen-bond acceptors (Lipinski definition) is 4. The molecule has 1 aliphatic rings. The first-order valence-corrected chi connectivity index (χ1v) is 15.5. The van der Waals surface area contributed by atoms with Gasteiger partial charge >= 0.3 is 0 Å². The van der Waals surface area contributed by atoms with Crippen molar-refractivity contribution in [3.8, 4) is 33.9 Å². The fraction of sp³-hybridized carbons (Fsp3) is 0.0250. The third-order valence-electron chi connectivity index (χ3n) is 8.32. The Balaban J connectivity index is 1.37. The average molecular weight is 582 g/mol. The Kier molecular flexibility index (Phi) is 6.62. The zero-order valence-electron chi connectivity index (χ0n) is 23.8. The second-order valence-electron chi connectivity index (χ2n) is 10.8. The molecule has 6 aromatic carbocycles. The van der Waals surface area contributed by atoms with Crippen LogP contribution in [0.4, 0.5) is 0 Å². The topological polar surface area (TPSA) is 38.7 Å². The Labute approximate surface area is 261 Å². The first kappa shape index (κ1) is 26.3. The molecular weight excluding hydrogens is 555 g/mol. The van der Waals surface area contributed by atoms with Gasteiger partial charge in [0.1, 0.15) is 0 Å². The highest BCUT2D eigenvalue weighted by Gasteiger charge is 2.46. The molecule has 0 amide bonds. The molecule has 0 saturated carbocycles. The van der Waals surface area contributed by atoms with Gasteiger partial charge in [0.2, 0.25) is 0 Å². The van der Waals surface area contributed by atoms with E-state index in [1.54, 1.807) is 11.8 Å². The molecule has 0 atom stereocenters. The van der Waals surface area contributed by atoms with Gasteiger partial charge in [-0.1, -0.05) is 146 Å². The first-order valence-electron chi connectivity index (χ1n) is 14.7. The third kappa shape index (κ3) is 4.43. The van der Waals surface area contributed by atoms with Crippen LogP contribution in [-0.4, -0.2) is 15.0 Å². The molecule has 0 saturated heterocycles. The molecule has 4 heteroatoms. The number of hydrogen-bond donors (Lipinski definition) is 0. The van der Waals surface area contributed by atoms with E-state index in [0.717, 1.165) is 16.0 Å². The molecule has 7 aromatic rings. The van der Waals surface area contributed by atoms with Crippen molar-refractivity contribution in [3.05, 3.63) is 186 Å². The van der Waals surface area contributed by atoms with E-state index in [-0.39, 0.29) is 0 Å². The fourth-order valence-corrected chi connectivity index (χ4v) is 7.19. The maximum Gasteiger partial charge on any atom is 0.196 e. The van der Waals surface area contributed by atoms with Gasteiger partial charge in [-0.05, 0) is 63.3 Å². The summed E-state index contributed by atoms with van der Waals surface area (Å²) < 4.78 is 0. The lowest BCUT2D eigenvalue weighted by Crippen LogP contribution is -2.28. The molecule has 208 valence electrons. The fourth-order valence-electron chi connectivity index (χ4n) is 6.43. The lowest BCUT2D eigenvalue weighted by Gasteiger charge is -2.34. The van der Waals surface area contributed by atoms with Crippen LogP contribution in [0.2, 0.25) is 0 Å². The van der Waals surface area contributed by atoms with Crippen LogP contribution < -0.4 is 0 Å². The molecule has 0 N–H and O–H groups in total. The monoisotopic (exact) mass is 581 g/mol. The Hall–Kier alpha value is -5.32. The summed E-state index contributed by atoms with van der Waals surface area (Å²) in [4.78, 5) is 16.1. The molecule has 1 heterocycles. The summed E-state index contributed by atoms with van der Waals surface area (Å²) in [6, 6.07) is 57.6. The van der Waals surface area contributed by atoms with Gasteiger partial charge in [-0.3, -0.25) is 0 Å². The summed E-state index contributed by atoms with van der Waals surface area (Å²) in [6.07, 6.45) is 0. The minimum atomic E-state index is -0.485. The van der Waals surface area contributed by atoms with Gasteiger partial charge in [0.15, 0.2) is 16.8 Å². The van der Waals surface area contributed by atoms with Crippen LogP contribution in [0.15, 0.2) is 174 Å². The second kappa shape index (κ2) is 11.1. The Morgan fingerprint density at radius 1 is 0.409 bits per heavy atom. The minimum absolute atomic E-state index is 0.485. The van der Waals surface area contributed by atoms with Gasteiger partial charge in [0.05, 0.1) is 5.41 Å². The molecule has 0 fully saturated rings. The molecule has 8 rings (SSSR count). The van der Waals surface area contributed by atoms with E-state index in [1.807, 2.05) is 48.5 Å². The number of nitrogens with zero attached hydrogens (tertiary/aromatic N) is 3. The van der Waals surface area contributed by atoms with Crippen molar-refractivity contribution in [1.29, 1.82) is 0 Å². The van der Waals surface area contributed by atoms with Crippen molar-refractivity contribution in [2.45, 2.75) is 15.5 Å². The number of benzene rings is 6. The molecule has 44 heavy (non-hydrogen) atoms. The lowest BCUT2D eigenvalue weighted by atomic mass is 9.67. The molecule has 0 unspecified atom stereocenters. The summed E-state index contributed by atoms with van der Waals surface area (Å²) >= 11 is 1.55. The van der Waals surface area contributed by atoms with E-state index >= 15 is 0 Å². The SMILES string of the molecule is c1ccc(Sc2nc(-c3ccccc3)nc(-c3ccc4c(c3)C(c3ccccc3)(c3ccccc3)c3ccccc3-4)n2)cc1. The molecule has 1 aliphatic carbocycles. The van der Waals surface area contributed by atoms with Crippen molar-refractivity contribution >= 4 is 11.8 Å². The standard InChI is InChI=1S/C40H27N3S/c1-5-15-28(16-6-1)37-41-38(43-39(42-37)44-32-21-11-4-12-22-32)29-25-26-34-33-23-13-14-24-35(33)40(36(34)27-29,30-17-7-2-8-18-30)31-19-9-3-10-20-31/h1-27H. The van der Waals surface area contributed by atoms with E-state index in [1.165, 1.54) is 33.4 Å². The molecular formula is C40H27N3S. The Morgan fingerprint density at radius 2 is 0.932 bits per heavy atom. The molecule has 1 aromatic heterocycles. The van der Waals surface area contributed by atoms with Crippen LogP contribution in [0.3, 0.4) is 0 Å². The molecule has 3 nitrogen and oxygen atoms in total. The van der Waals surface area contributed by atoms with Gasteiger partial charge < -0.3 is 0 Å². The second-order valence-corrected chi connectivity index (χ2v) is 11.9. The maximum atomic E-state index is 5.05. The van der Waals surface area contributed by atoms with Crippen LogP contribution in [-0.2, 0) is 5.41 Å². The van der Waals surface area contributed by atoms with Crippen molar-refractivity contribution in [2.75, 3.05) is 0 Å². The van der Waals surface area contributed by atoms with E-state index in [0.29, 0.717) is 16.8 Å². The summed E-state index contributed by atoms with van der Waals surface area (Å²) in [5, 5.41) is 0.668. The highest BCUT2D eigenvalue weighted by atomic mass is 32.2. The van der Waals surface area contributed by atoms with Gasteiger partial charge in [-0.2, -0.15) is 0 Å². The highest BCUT2D eigenvalue weighted by Crippen LogP contribution is 2.56. The summed E-state index contributed by atoms with van der Waals surface area (Å²) in [7, 11) is 0. The lowest BCUT2D eigenvalue weighted by molar-refractivity contribution is 0.768. The van der Waals surface area contributed by atoms with Crippen LogP contribution in [0.5, 0.6) is 0 Å². The van der Waals surface area contributed by atoms with Gasteiger partial charge in [-0.15, -0.1) is 0 Å². The third-order valence-corrected chi connectivity index (χ3v) is 9.19. The zero-order valence-corrected chi connectivity index (χ0v) is 24.7. The van der Waals surface area contributed by atoms with Crippen LogP contribution >= 0.6 is 11.8 Å². The van der Waals surface area contributed by atoms with E-state index in [2.05, 4.69) is 115 Å². The van der Waals surface area contributed by atoms with Crippen molar-refractivity contribution in [1.82, 2.24) is 15.0 Å². The molecule has 0 radical (unpaired) electrons.